The highest BCUT2D eigenvalue weighted by molar-refractivity contribution is 7.99. The first kappa shape index (κ1) is 17.5. The van der Waals surface area contributed by atoms with Crippen molar-refractivity contribution in [3.63, 3.8) is 0 Å². The summed E-state index contributed by atoms with van der Waals surface area (Å²) in [6.07, 6.45) is -0.398. The molecule has 7 nitrogen and oxygen atoms in total. The molecule has 0 aliphatic carbocycles. The maximum Gasteiger partial charge on any atom is 0.303 e. The number of amides is 1. The third-order valence-corrected chi connectivity index (χ3v) is 4.15. The molecule has 8 heteroatoms. The van der Waals surface area contributed by atoms with Gasteiger partial charge in [0.15, 0.2) is 0 Å². The summed E-state index contributed by atoms with van der Waals surface area (Å²) >= 11 is 1.16. The summed E-state index contributed by atoms with van der Waals surface area (Å²) < 4.78 is 0. The molecule has 0 bridgehead atoms. The summed E-state index contributed by atoms with van der Waals surface area (Å²) in [5, 5.41) is 22.3. The Bertz CT molecular complexity index is 779. The van der Waals surface area contributed by atoms with E-state index >= 15 is 0 Å². The van der Waals surface area contributed by atoms with Gasteiger partial charge in [-0.2, -0.15) is 0 Å². The average Bonchev–Trinajstić information content (AvgIpc) is 2.55. The maximum absolute atomic E-state index is 11.8. The Labute approximate surface area is 141 Å². The van der Waals surface area contributed by atoms with Crippen LogP contribution in [0.3, 0.4) is 0 Å². The van der Waals surface area contributed by atoms with E-state index < -0.39 is 16.8 Å². The van der Waals surface area contributed by atoms with Crippen molar-refractivity contribution in [2.24, 2.45) is 0 Å². The van der Waals surface area contributed by atoms with Gasteiger partial charge in [0.05, 0.1) is 21.9 Å². The molecule has 2 N–H and O–H groups in total. The molecule has 124 valence electrons. The number of aliphatic carboxylic acids is 1. The average molecular weight is 346 g/mol. The van der Waals surface area contributed by atoms with Crippen LogP contribution in [0.4, 0.5) is 11.4 Å². The van der Waals surface area contributed by atoms with Gasteiger partial charge in [-0.05, 0) is 18.2 Å². The monoisotopic (exact) mass is 346 g/mol. The summed E-state index contributed by atoms with van der Waals surface area (Å²) in [5.41, 5.74) is 0.463. The molecule has 0 aliphatic heterocycles. The Morgan fingerprint density at radius 1 is 1.04 bits per heavy atom. The van der Waals surface area contributed by atoms with Gasteiger partial charge in [0, 0.05) is 17.4 Å². The van der Waals surface area contributed by atoms with Crippen molar-refractivity contribution < 1.29 is 19.6 Å². The van der Waals surface area contributed by atoms with Crippen molar-refractivity contribution in [3.8, 4) is 0 Å². The number of benzene rings is 2. The zero-order valence-corrected chi connectivity index (χ0v) is 13.3. The smallest absolute Gasteiger partial charge is 0.303 e. The molecule has 0 heterocycles. The van der Waals surface area contributed by atoms with Crippen LogP contribution in [0.2, 0.25) is 0 Å². The quantitative estimate of drug-likeness (QED) is 0.586. The minimum atomic E-state index is -1.05. The lowest BCUT2D eigenvalue weighted by Gasteiger charge is -2.10. The first-order valence-corrected chi connectivity index (χ1v) is 7.81. The van der Waals surface area contributed by atoms with Gasteiger partial charge >= 0.3 is 5.97 Å². The van der Waals surface area contributed by atoms with Crippen molar-refractivity contribution in [1.82, 2.24) is 0 Å². The molecule has 2 aromatic rings. The number of hydrogen-bond acceptors (Lipinski definition) is 5. The molecule has 0 aliphatic rings. The second-order valence-electron chi connectivity index (χ2n) is 4.76. The number of carboxylic acids is 1. The number of nitro groups is 1. The number of carbonyl (C=O) groups is 2. The molecule has 2 rings (SSSR count). The van der Waals surface area contributed by atoms with Gasteiger partial charge in [-0.3, -0.25) is 19.7 Å². The number of carboxylic acid groups (broad SMARTS) is 1. The third kappa shape index (κ3) is 4.82. The van der Waals surface area contributed by atoms with E-state index in [4.69, 9.17) is 5.11 Å². The molecule has 0 aromatic heterocycles. The SMILES string of the molecule is O=C(O)CCC(=O)Nc1ccccc1Sc1ccccc1[N+](=O)[O-]. The topological polar surface area (TPSA) is 110 Å². The second-order valence-corrected chi connectivity index (χ2v) is 5.85. The number of hydrogen-bond donors (Lipinski definition) is 2. The van der Waals surface area contributed by atoms with Gasteiger partial charge in [-0.25, -0.2) is 0 Å². The number of para-hydroxylation sites is 2. The van der Waals surface area contributed by atoms with Gasteiger partial charge in [-0.1, -0.05) is 36.0 Å². The molecular formula is C16H14N2O5S. The second kappa shape index (κ2) is 8.11. The van der Waals surface area contributed by atoms with Crippen LogP contribution in [-0.4, -0.2) is 21.9 Å². The largest absolute Gasteiger partial charge is 0.481 e. The van der Waals surface area contributed by atoms with Crippen molar-refractivity contribution in [2.75, 3.05) is 5.32 Å². The Morgan fingerprint density at radius 2 is 1.67 bits per heavy atom. The Morgan fingerprint density at radius 3 is 2.33 bits per heavy atom. The lowest BCUT2D eigenvalue weighted by Crippen LogP contribution is -2.13. The number of nitrogens with one attached hydrogen (secondary N) is 1. The van der Waals surface area contributed by atoms with Crippen LogP contribution >= 0.6 is 11.8 Å². The van der Waals surface area contributed by atoms with E-state index in [0.29, 0.717) is 15.5 Å². The van der Waals surface area contributed by atoms with Gasteiger partial charge in [0.25, 0.3) is 5.69 Å². The molecule has 0 saturated heterocycles. The fraction of sp³-hybridized carbons (Fsp3) is 0.125. The molecule has 2 aromatic carbocycles. The van der Waals surface area contributed by atoms with Crippen molar-refractivity contribution in [3.05, 3.63) is 58.6 Å². The van der Waals surface area contributed by atoms with E-state index in [-0.39, 0.29) is 18.5 Å². The van der Waals surface area contributed by atoms with E-state index in [0.717, 1.165) is 11.8 Å². The van der Waals surface area contributed by atoms with E-state index in [2.05, 4.69) is 5.32 Å². The summed E-state index contributed by atoms with van der Waals surface area (Å²) in [6.45, 7) is 0. The zero-order valence-electron chi connectivity index (χ0n) is 12.5. The Kier molecular flexibility index (Phi) is 5.91. The number of anilines is 1. The van der Waals surface area contributed by atoms with Crippen LogP contribution < -0.4 is 5.32 Å². The summed E-state index contributed by atoms with van der Waals surface area (Å²) in [7, 11) is 0. The number of nitrogens with zero attached hydrogens (tertiary/aromatic N) is 1. The zero-order chi connectivity index (χ0) is 17.5. The summed E-state index contributed by atoms with van der Waals surface area (Å²) in [6, 6.07) is 13.2. The van der Waals surface area contributed by atoms with Crippen LogP contribution in [-0.2, 0) is 9.59 Å². The minimum Gasteiger partial charge on any atom is -0.481 e. The van der Waals surface area contributed by atoms with Crippen LogP contribution in [0.5, 0.6) is 0 Å². The van der Waals surface area contributed by atoms with E-state index in [1.54, 1.807) is 42.5 Å². The van der Waals surface area contributed by atoms with Crippen LogP contribution in [0.1, 0.15) is 12.8 Å². The van der Waals surface area contributed by atoms with E-state index in [9.17, 15) is 19.7 Å². The lowest BCUT2D eigenvalue weighted by atomic mass is 10.2. The predicted octanol–water partition coefficient (Wildman–Crippen LogP) is 3.55. The van der Waals surface area contributed by atoms with Gasteiger partial charge in [0.1, 0.15) is 0 Å². The minimum absolute atomic E-state index is 0.0190. The van der Waals surface area contributed by atoms with E-state index in [1.165, 1.54) is 6.07 Å². The first-order valence-electron chi connectivity index (χ1n) is 6.99. The van der Waals surface area contributed by atoms with Gasteiger partial charge in [-0.15, -0.1) is 0 Å². The fourth-order valence-electron chi connectivity index (χ4n) is 1.90. The van der Waals surface area contributed by atoms with Gasteiger partial charge in [0.2, 0.25) is 5.91 Å². The standard InChI is InChI=1S/C16H14N2O5S/c19-15(9-10-16(20)21)17-11-5-1-3-7-13(11)24-14-8-4-2-6-12(14)18(22)23/h1-8H,9-10H2,(H,17,19)(H,20,21). The lowest BCUT2D eigenvalue weighted by molar-refractivity contribution is -0.387. The molecule has 24 heavy (non-hydrogen) atoms. The number of rotatable bonds is 7. The molecule has 0 fully saturated rings. The molecule has 0 unspecified atom stereocenters. The number of nitro benzene ring substituents is 1. The van der Waals surface area contributed by atoms with Crippen molar-refractivity contribution in [2.45, 2.75) is 22.6 Å². The van der Waals surface area contributed by atoms with E-state index in [1.807, 2.05) is 0 Å². The Balaban J connectivity index is 2.19. The highest BCUT2D eigenvalue weighted by Crippen LogP contribution is 2.38. The van der Waals surface area contributed by atoms with Crippen molar-refractivity contribution >= 4 is 35.0 Å². The van der Waals surface area contributed by atoms with Crippen LogP contribution in [0, 0.1) is 10.1 Å². The summed E-state index contributed by atoms with van der Waals surface area (Å²) in [4.78, 5) is 34.0. The number of carbonyl (C=O) groups excluding carboxylic acids is 1. The molecule has 1 amide bonds. The first-order chi connectivity index (χ1) is 11.5. The highest BCUT2D eigenvalue weighted by Gasteiger charge is 2.16. The van der Waals surface area contributed by atoms with Crippen LogP contribution in [0.25, 0.3) is 0 Å². The Hall–Kier alpha value is -2.87. The molecule has 0 radical (unpaired) electrons. The molecular weight excluding hydrogens is 332 g/mol. The highest BCUT2D eigenvalue weighted by atomic mass is 32.2. The fourth-order valence-corrected chi connectivity index (χ4v) is 2.91. The van der Waals surface area contributed by atoms with Crippen molar-refractivity contribution in [1.29, 1.82) is 0 Å². The molecule has 0 spiro atoms. The molecule has 0 saturated carbocycles. The van der Waals surface area contributed by atoms with Crippen LogP contribution in [0.15, 0.2) is 58.3 Å². The van der Waals surface area contributed by atoms with Gasteiger partial charge < -0.3 is 10.4 Å². The molecule has 0 atom stereocenters. The maximum atomic E-state index is 11.8. The normalized spacial score (nSPS) is 10.2. The third-order valence-electron chi connectivity index (χ3n) is 3.01. The summed E-state index contributed by atoms with van der Waals surface area (Å²) in [5.74, 6) is -1.47. The predicted molar refractivity (Wildman–Crippen MR) is 89.2 cm³/mol.